The number of halogens is 4. The van der Waals surface area contributed by atoms with Gasteiger partial charge in [-0.25, -0.2) is 8.42 Å². The molecular weight excluding hydrogens is 663 g/mol. The number of benzene rings is 4. The molecule has 7 nitrogen and oxygen atoms in total. The first-order valence-corrected chi connectivity index (χ1v) is 16.9. The van der Waals surface area contributed by atoms with Crippen LogP contribution in [0.25, 0.3) is 0 Å². The summed E-state index contributed by atoms with van der Waals surface area (Å²) in [7, 11) is -4.65. The predicted molar refractivity (Wildman–Crippen MR) is 181 cm³/mol. The van der Waals surface area contributed by atoms with Gasteiger partial charge in [-0.3, -0.25) is 13.9 Å². The fraction of sp³-hybridized carbons (Fsp3) is 0.278. The zero-order valence-electron chi connectivity index (χ0n) is 27.0. The fourth-order valence-electron chi connectivity index (χ4n) is 5.01. The molecule has 4 aromatic rings. The number of rotatable bonds is 11. The van der Waals surface area contributed by atoms with E-state index in [9.17, 15) is 31.2 Å². The highest BCUT2D eigenvalue weighted by Crippen LogP contribution is 2.37. The number of hydrogen-bond acceptors (Lipinski definition) is 4. The van der Waals surface area contributed by atoms with Crippen molar-refractivity contribution in [1.29, 1.82) is 0 Å². The fourth-order valence-corrected chi connectivity index (χ4v) is 6.73. The Morgan fingerprint density at radius 3 is 1.98 bits per heavy atom. The average Bonchev–Trinajstić information content (AvgIpc) is 3.02. The molecule has 4 aromatic carbocycles. The minimum atomic E-state index is -4.82. The average molecular weight is 700 g/mol. The Labute approximate surface area is 284 Å². The van der Waals surface area contributed by atoms with Crippen molar-refractivity contribution in [3.05, 3.63) is 130 Å². The third-order valence-electron chi connectivity index (χ3n) is 7.40. The Morgan fingerprint density at radius 1 is 0.833 bits per heavy atom. The van der Waals surface area contributed by atoms with Gasteiger partial charge in [0.1, 0.15) is 12.6 Å². The third-order valence-corrected chi connectivity index (χ3v) is 9.49. The molecule has 0 aliphatic heterocycles. The smallest absolute Gasteiger partial charge is 0.350 e. The molecule has 0 aliphatic carbocycles. The van der Waals surface area contributed by atoms with Crippen molar-refractivity contribution in [2.45, 2.75) is 63.3 Å². The normalized spacial score (nSPS) is 12.7. The minimum absolute atomic E-state index is 0.0795. The van der Waals surface area contributed by atoms with Crippen LogP contribution in [0.2, 0.25) is 5.02 Å². The van der Waals surface area contributed by atoms with Crippen molar-refractivity contribution in [3.63, 3.8) is 0 Å². The van der Waals surface area contributed by atoms with E-state index in [-0.39, 0.29) is 22.9 Å². The summed E-state index contributed by atoms with van der Waals surface area (Å²) in [6.45, 7) is 6.23. The molecule has 0 spiro atoms. The van der Waals surface area contributed by atoms with Gasteiger partial charge in [0.25, 0.3) is 10.0 Å². The summed E-state index contributed by atoms with van der Waals surface area (Å²) >= 11 is 6.37. The second-order valence-corrected chi connectivity index (χ2v) is 14.7. The number of nitrogens with zero attached hydrogens (tertiary/aromatic N) is 2. The second kappa shape index (κ2) is 14.8. The monoisotopic (exact) mass is 699 g/mol. The number of alkyl halides is 3. The molecule has 4 rings (SSSR count). The second-order valence-electron chi connectivity index (χ2n) is 12.4. The van der Waals surface area contributed by atoms with E-state index < -0.39 is 57.4 Å². The van der Waals surface area contributed by atoms with Crippen LogP contribution in [0.15, 0.2) is 108 Å². The summed E-state index contributed by atoms with van der Waals surface area (Å²) in [5, 5.41) is 2.62. The van der Waals surface area contributed by atoms with Gasteiger partial charge < -0.3 is 10.2 Å². The number of amides is 2. The molecule has 2 amide bonds. The van der Waals surface area contributed by atoms with E-state index in [0.717, 1.165) is 23.3 Å². The predicted octanol–water partition coefficient (Wildman–Crippen LogP) is 7.42. The molecule has 0 aromatic heterocycles. The van der Waals surface area contributed by atoms with Gasteiger partial charge in [-0.1, -0.05) is 90.0 Å². The van der Waals surface area contributed by atoms with Crippen LogP contribution in [-0.4, -0.2) is 43.3 Å². The molecule has 0 fully saturated rings. The van der Waals surface area contributed by atoms with Crippen molar-refractivity contribution < 1.29 is 31.2 Å². The first-order chi connectivity index (χ1) is 22.5. The molecule has 48 heavy (non-hydrogen) atoms. The minimum Gasteiger partial charge on any atom is -0.350 e. The summed E-state index contributed by atoms with van der Waals surface area (Å²) < 4.78 is 70.4. The highest BCUT2D eigenvalue weighted by Gasteiger charge is 2.38. The lowest BCUT2D eigenvalue weighted by Crippen LogP contribution is -2.56. The first kappa shape index (κ1) is 36.5. The molecule has 0 radical (unpaired) electrons. The molecule has 0 saturated heterocycles. The van der Waals surface area contributed by atoms with Gasteiger partial charge in [-0.2, -0.15) is 13.2 Å². The molecule has 0 saturated carbocycles. The van der Waals surface area contributed by atoms with Crippen LogP contribution >= 0.6 is 11.6 Å². The summed E-state index contributed by atoms with van der Waals surface area (Å²) in [6, 6.07) is 24.5. The van der Waals surface area contributed by atoms with Crippen molar-refractivity contribution in [1.82, 2.24) is 10.2 Å². The SMILES string of the molecule is Cc1ccc(CN(C(=O)CN(c2cc(C(F)(F)F)ccc2Cl)S(=O)(=O)c2ccccc2)[C@H](Cc2ccccc2)C(=O)NC(C)(C)C)cc1. The quantitative estimate of drug-likeness (QED) is 0.177. The van der Waals surface area contributed by atoms with Gasteiger partial charge in [0, 0.05) is 18.5 Å². The first-order valence-electron chi connectivity index (χ1n) is 15.1. The topological polar surface area (TPSA) is 86.8 Å². The largest absolute Gasteiger partial charge is 0.416 e. The number of aryl methyl sites for hydroxylation is 1. The van der Waals surface area contributed by atoms with E-state index in [2.05, 4.69) is 5.32 Å². The zero-order chi connectivity index (χ0) is 35.3. The van der Waals surface area contributed by atoms with Gasteiger partial charge in [0.2, 0.25) is 11.8 Å². The lowest BCUT2D eigenvalue weighted by molar-refractivity contribution is -0.140. The summed E-state index contributed by atoms with van der Waals surface area (Å²) in [4.78, 5) is 29.5. The van der Waals surface area contributed by atoms with Crippen molar-refractivity contribution >= 4 is 39.1 Å². The van der Waals surface area contributed by atoms with E-state index in [4.69, 9.17) is 11.6 Å². The number of hydrogen-bond donors (Lipinski definition) is 1. The third kappa shape index (κ3) is 9.38. The Balaban J connectivity index is 1.88. The maximum absolute atomic E-state index is 14.5. The molecule has 254 valence electrons. The highest BCUT2D eigenvalue weighted by atomic mass is 35.5. The molecule has 1 N–H and O–H groups in total. The molecule has 0 aliphatic rings. The van der Waals surface area contributed by atoms with E-state index in [1.807, 2.05) is 25.1 Å². The molecule has 1 atom stereocenters. The van der Waals surface area contributed by atoms with Crippen LogP contribution in [0.5, 0.6) is 0 Å². The van der Waals surface area contributed by atoms with Crippen molar-refractivity contribution in [2.24, 2.45) is 0 Å². The summed E-state index contributed by atoms with van der Waals surface area (Å²) in [5.41, 5.74) is -0.00234. The number of nitrogens with one attached hydrogen (secondary N) is 1. The molecule has 0 heterocycles. The van der Waals surface area contributed by atoms with Gasteiger partial charge in [-0.15, -0.1) is 0 Å². The Kier molecular flexibility index (Phi) is 11.3. The van der Waals surface area contributed by atoms with Crippen LogP contribution in [0.3, 0.4) is 0 Å². The number of carbonyl (C=O) groups excluding carboxylic acids is 2. The van der Waals surface area contributed by atoms with E-state index in [1.165, 1.54) is 29.2 Å². The van der Waals surface area contributed by atoms with Crippen LogP contribution in [0.1, 0.15) is 43.0 Å². The highest BCUT2D eigenvalue weighted by molar-refractivity contribution is 7.92. The molecule has 0 bridgehead atoms. The summed E-state index contributed by atoms with van der Waals surface area (Å²) in [6.07, 6.45) is -4.75. The lowest BCUT2D eigenvalue weighted by atomic mass is 10.0. The Bertz CT molecular complexity index is 1830. The molecular formula is C36H37ClF3N3O4S. The van der Waals surface area contributed by atoms with E-state index in [1.54, 1.807) is 63.2 Å². The van der Waals surface area contributed by atoms with Crippen LogP contribution in [0.4, 0.5) is 18.9 Å². The standard InChI is InChI=1S/C36H37ClF3N3O4S/c1-25-15-17-27(18-16-25)23-42(32(34(45)41-35(2,3)4)21-26-11-7-5-8-12-26)33(44)24-43(48(46,47)29-13-9-6-10-14-29)31-22-28(36(38,39)40)19-20-30(31)37/h5-20,22,32H,21,23-24H2,1-4H3,(H,41,45)/t32-/m1/s1. The van der Waals surface area contributed by atoms with Crippen molar-refractivity contribution in [2.75, 3.05) is 10.8 Å². The molecule has 12 heteroatoms. The van der Waals surface area contributed by atoms with Gasteiger partial charge in [-0.05, 0) is 69.2 Å². The number of anilines is 1. The maximum Gasteiger partial charge on any atom is 0.416 e. The molecule has 0 unspecified atom stereocenters. The zero-order valence-corrected chi connectivity index (χ0v) is 28.5. The van der Waals surface area contributed by atoms with Crippen LogP contribution in [-0.2, 0) is 38.8 Å². The summed E-state index contributed by atoms with van der Waals surface area (Å²) in [5.74, 6) is -1.31. The van der Waals surface area contributed by atoms with Gasteiger partial charge >= 0.3 is 6.18 Å². The van der Waals surface area contributed by atoms with Crippen LogP contribution < -0.4 is 9.62 Å². The van der Waals surface area contributed by atoms with E-state index in [0.29, 0.717) is 15.9 Å². The number of carbonyl (C=O) groups is 2. The van der Waals surface area contributed by atoms with Gasteiger partial charge in [0.05, 0.1) is 21.2 Å². The van der Waals surface area contributed by atoms with Crippen molar-refractivity contribution in [3.8, 4) is 0 Å². The van der Waals surface area contributed by atoms with Gasteiger partial charge in [0.15, 0.2) is 0 Å². The van der Waals surface area contributed by atoms with Crippen LogP contribution in [0, 0.1) is 6.92 Å². The Hall–Kier alpha value is -4.35. The Morgan fingerprint density at radius 2 is 1.42 bits per heavy atom. The number of sulfonamides is 1. The maximum atomic E-state index is 14.5. The lowest BCUT2D eigenvalue weighted by Gasteiger charge is -2.35. The van der Waals surface area contributed by atoms with E-state index >= 15 is 0 Å².